The standard InChI is InChI=1S/C11H12N4OS/c1-2-15-8-6-4-3-5-7(8)9(10(15)16)13-14-11(12)17/h3-6H,2H2,1H3,(H3,12,14,17). The molecule has 1 aliphatic heterocycles. The predicted molar refractivity (Wildman–Crippen MR) is 70.9 cm³/mol. The van der Waals surface area contributed by atoms with Gasteiger partial charge in [0.1, 0.15) is 0 Å². The van der Waals surface area contributed by atoms with Crippen molar-refractivity contribution in [3.8, 4) is 0 Å². The summed E-state index contributed by atoms with van der Waals surface area (Å²) in [6.07, 6.45) is 0. The summed E-state index contributed by atoms with van der Waals surface area (Å²) in [5.74, 6) is -0.141. The lowest BCUT2D eigenvalue weighted by atomic mass is 10.1. The molecule has 0 saturated carbocycles. The van der Waals surface area contributed by atoms with Gasteiger partial charge in [-0.3, -0.25) is 10.2 Å². The van der Waals surface area contributed by atoms with Crippen molar-refractivity contribution in [1.29, 1.82) is 0 Å². The van der Waals surface area contributed by atoms with Crippen molar-refractivity contribution in [2.75, 3.05) is 11.4 Å². The number of hydrogen-bond acceptors (Lipinski definition) is 3. The van der Waals surface area contributed by atoms with E-state index in [0.717, 1.165) is 11.3 Å². The Hall–Kier alpha value is -1.95. The Morgan fingerprint density at radius 2 is 2.24 bits per heavy atom. The van der Waals surface area contributed by atoms with Gasteiger partial charge in [-0.1, -0.05) is 18.2 Å². The van der Waals surface area contributed by atoms with E-state index in [4.69, 9.17) is 5.73 Å². The third-order valence-electron chi connectivity index (χ3n) is 2.49. The molecule has 0 radical (unpaired) electrons. The number of fused-ring (bicyclic) bond motifs is 1. The SMILES string of the molecule is CCN1C(=O)C(=NNC(N)=S)c2ccccc21. The van der Waals surface area contributed by atoms with E-state index in [1.807, 2.05) is 31.2 Å². The Morgan fingerprint density at radius 3 is 2.88 bits per heavy atom. The maximum absolute atomic E-state index is 12.1. The average molecular weight is 248 g/mol. The van der Waals surface area contributed by atoms with Crippen LogP contribution in [-0.4, -0.2) is 23.3 Å². The molecule has 0 atom stereocenters. The van der Waals surface area contributed by atoms with Crippen LogP contribution in [0, 0.1) is 0 Å². The minimum Gasteiger partial charge on any atom is -0.375 e. The summed E-state index contributed by atoms with van der Waals surface area (Å²) in [7, 11) is 0. The highest BCUT2D eigenvalue weighted by Crippen LogP contribution is 2.28. The second-order valence-electron chi connectivity index (χ2n) is 3.50. The molecule has 1 aromatic rings. The van der Waals surface area contributed by atoms with Crippen molar-refractivity contribution in [3.05, 3.63) is 29.8 Å². The number of anilines is 1. The lowest BCUT2D eigenvalue weighted by molar-refractivity contribution is -0.112. The Labute approximate surface area is 104 Å². The number of hydrazone groups is 1. The van der Waals surface area contributed by atoms with Gasteiger partial charge in [0.05, 0.1) is 5.69 Å². The van der Waals surface area contributed by atoms with Gasteiger partial charge in [0.2, 0.25) is 0 Å². The van der Waals surface area contributed by atoms with Crippen molar-refractivity contribution in [3.63, 3.8) is 0 Å². The van der Waals surface area contributed by atoms with Crippen LogP contribution in [0.4, 0.5) is 5.69 Å². The van der Waals surface area contributed by atoms with Crippen LogP contribution in [0.1, 0.15) is 12.5 Å². The number of carbonyl (C=O) groups excluding carboxylic acids is 1. The maximum atomic E-state index is 12.1. The van der Waals surface area contributed by atoms with Crippen LogP contribution < -0.4 is 16.1 Å². The topological polar surface area (TPSA) is 70.7 Å². The van der Waals surface area contributed by atoms with Gasteiger partial charge in [-0.25, -0.2) is 0 Å². The molecule has 1 heterocycles. The van der Waals surface area contributed by atoms with Gasteiger partial charge in [0, 0.05) is 12.1 Å². The van der Waals surface area contributed by atoms with E-state index >= 15 is 0 Å². The summed E-state index contributed by atoms with van der Waals surface area (Å²) in [6.45, 7) is 2.51. The molecule has 0 unspecified atom stereocenters. The molecular formula is C11H12N4OS. The second kappa shape index (κ2) is 4.50. The number of rotatable bonds is 2. The third kappa shape index (κ3) is 1.99. The van der Waals surface area contributed by atoms with Gasteiger partial charge in [0.15, 0.2) is 10.8 Å². The highest BCUT2D eigenvalue weighted by atomic mass is 32.1. The van der Waals surface area contributed by atoms with Gasteiger partial charge in [-0.05, 0) is 25.2 Å². The Balaban J connectivity index is 2.45. The Morgan fingerprint density at radius 1 is 1.53 bits per heavy atom. The zero-order valence-electron chi connectivity index (χ0n) is 9.30. The number of hydrogen-bond donors (Lipinski definition) is 2. The minimum atomic E-state index is -0.141. The van der Waals surface area contributed by atoms with E-state index in [2.05, 4.69) is 22.7 Å². The average Bonchev–Trinajstić information content (AvgIpc) is 2.58. The number of para-hydroxylation sites is 1. The molecule has 0 saturated heterocycles. The van der Waals surface area contributed by atoms with Crippen LogP contribution in [0.15, 0.2) is 29.4 Å². The first-order chi connectivity index (χ1) is 8.15. The minimum absolute atomic E-state index is 0.0396. The van der Waals surface area contributed by atoms with Crippen LogP contribution in [0.3, 0.4) is 0 Å². The molecule has 0 bridgehead atoms. The van der Waals surface area contributed by atoms with E-state index in [1.165, 1.54) is 0 Å². The van der Waals surface area contributed by atoms with Gasteiger partial charge >= 0.3 is 0 Å². The fraction of sp³-hybridized carbons (Fsp3) is 0.182. The summed E-state index contributed by atoms with van der Waals surface area (Å²) >= 11 is 4.66. The molecule has 1 aromatic carbocycles. The molecule has 0 spiro atoms. The lowest BCUT2D eigenvalue weighted by Gasteiger charge is -2.12. The van der Waals surface area contributed by atoms with Crippen molar-refractivity contribution in [2.24, 2.45) is 10.8 Å². The van der Waals surface area contributed by atoms with Crippen LogP contribution >= 0.6 is 12.2 Å². The van der Waals surface area contributed by atoms with Gasteiger partial charge in [-0.2, -0.15) is 5.10 Å². The van der Waals surface area contributed by atoms with Gasteiger partial charge < -0.3 is 10.6 Å². The molecule has 0 aromatic heterocycles. The normalized spacial score (nSPS) is 16.2. The van der Waals surface area contributed by atoms with Gasteiger partial charge in [0.25, 0.3) is 5.91 Å². The van der Waals surface area contributed by atoms with Crippen LogP contribution in [0.5, 0.6) is 0 Å². The second-order valence-corrected chi connectivity index (χ2v) is 3.94. The number of benzene rings is 1. The quantitative estimate of drug-likeness (QED) is 0.593. The zero-order chi connectivity index (χ0) is 12.4. The molecule has 88 valence electrons. The van der Waals surface area contributed by atoms with E-state index in [1.54, 1.807) is 4.90 Å². The first-order valence-corrected chi connectivity index (χ1v) is 5.60. The van der Waals surface area contributed by atoms with Crippen molar-refractivity contribution in [2.45, 2.75) is 6.92 Å². The zero-order valence-corrected chi connectivity index (χ0v) is 10.1. The van der Waals surface area contributed by atoms with Crippen LogP contribution in [-0.2, 0) is 4.79 Å². The maximum Gasteiger partial charge on any atom is 0.279 e. The van der Waals surface area contributed by atoms with E-state index in [-0.39, 0.29) is 11.0 Å². The molecule has 1 aliphatic rings. The molecule has 0 aliphatic carbocycles. The smallest absolute Gasteiger partial charge is 0.279 e. The molecule has 17 heavy (non-hydrogen) atoms. The summed E-state index contributed by atoms with van der Waals surface area (Å²) < 4.78 is 0. The highest BCUT2D eigenvalue weighted by Gasteiger charge is 2.32. The number of nitrogens with one attached hydrogen (secondary N) is 1. The number of thiocarbonyl (C=S) groups is 1. The Bertz CT molecular complexity index is 512. The first kappa shape index (κ1) is 11.5. The van der Waals surface area contributed by atoms with E-state index < -0.39 is 0 Å². The largest absolute Gasteiger partial charge is 0.375 e. The number of likely N-dealkylation sites (N-methyl/N-ethyl adjacent to an activating group) is 1. The lowest BCUT2D eigenvalue weighted by Crippen LogP contribution is -2.32. The summed E-state index contributed by atoms with van der Waals surface area (Å²) in [6, 6.07) is 7.49. The van der Waals surface area contributed by atoms with Gasteiger partial charge in [-0.15, -0.1) is 0 Å². The summed E-state index contributed by atoms with van der Waals surface area (Å²) in [4.78, 5) is 13.7. The summed E-state index contributed by atoms with van der Waals surface area (Å²) in [5.41, 5.74) is 9.75. The van der Waals surface area contributed by atoms with Crippen LogP contribution in [0.25, 0.3) is 0 Å². The Kier molecular flexibility index (Phi) is 3.06. The third-order valence-corrected chi connectivity index (χ3v) is 2.58. The first-order valence-electron chi connectivity index (χ1n) is 5.19. The van der Waals surface area contributed by atoms with Crippen molar-refractivity contribution < 1.29 is 4.79 Å². The molecule has 5 nitrogen and oxygen atoms in total. The number of nitrogens with zero attached hydrogens (tertiary/aromatic N) is 2. The van der Waals surface area contributed by atoms with E-state index in [0.29, 0.717) is 12.3 Å². The number of nitrogens with two attached hydrogens (primary N) is 1. The van der Waals surface area contributed by atoms with Crippen molar-refractivity contribution >= 4 is 34.6 Å². The molecule has 3 N–H and O–H groups in total. The van der Waals surface area contributed by atoms with Crippen molar-refractivity contribution in [1.82, 2.24) is 5.43 Å². The highest BCUT2D eigenvalue weighted by molar-refractivity contribution is 7.80. The van der Waals surface area contributed by atoms with E-state index in [9.17, 15) is 4.79 Å². The fourth-order valence-electron chi connectivity index (χ4n) is 1.79. The number of amides is 1. The summed E-state index contributed by atoms with van der Waals surface area (Å²) in [5, 5.41) is 3.99. The monoisotopic (exact) mass is 248 g/mol. The van der Waals surface area contributed by atoms with Crippen LogP contribution in [0.2, 0.25) is 0 Å². The molecule has 2 rings (SSSR count). The predicted octanol–water partition coefficient (Wildman–Crippen LogP) is 0.590. The number of carbonyl (C=O) groups is 1. The fourth-order valence-corrected chi connectivity index (χ4v) is 1.84. The molecule has 0 fully saturated rings. The molecule has 6 heteroatoms. The molecular weight excluding hydrogens is 236 g/mol. The molecule has 1 amide bonds.